The van der Waals surface area contributed by atoms with E-state index in [2.05, 4.69) is 18.2 Å². The number of hydrogen-bond acceptors (Lipinski definition) is 3. The molecule has 0 aliphatic carbocycles. The van der Waals surface area contributed by atoms with Crippen LogP contribution in [0.4, 0.5) is 5.69 Å². The van der Waals surface area contributed by atoms with Crippen LogP contribution in [-0.4, -0.2) is 11.3 Å². The molecule has 106 valence electrons. The monoisotopic (exact) mass is 289 g/mol. The van der Waals surface area contributed by atoms with Crippen molar-refractivity contribution in [2.24, 2.45) is 0 Å². The molecule has 3 nitrogen and oxygen atoms in total. The summed E-state index contributed by atoms with van der Waals surface area (Å²) >= 11 is 0. The number of benzene rings is 2. The van der Waals surface area contributed by atoms with Crippen LogP contribution < -0.4 is 10.5 Å². The van der Waals surface area contributed by atoms with Gasteiger partial charge in [0.15, 0.2) is 0 Å². The van der Waals surface area contributed by atoms with Gasteiger partial charge in [-0.1, -0.05) is 29.3 Å². The molecule has 0 heterocycles. The van der Waals surface area contributed by atoms with Gasteiger partial charge in [0, 0.05) is 11.8 Å². The molecule has 2 rings (SSSR count). The molecule has 0 bridgehead atoms. The van der Waals surface area contributed by atoms with Gasteiger partial charge in [0.05, 0.1) is 28.6 Å². The van der Waals surface area contributed by atoms with Crippen LogP contribution >= 0.6 is 0 Å². The SMILES string of the molecule is COc1cc(N)ccc1S(=O)Cc1cc(C)cc(C)c1. The van der Waals surface area contributed by atoms with Gasteiger partial charge in [0.2, 0.25) is 0 Å². The zero-order valence-electron chi connectivity index (χ0n) is 12.0. The molecule has 0 amide bonds. The minimum Gasteiger partial charge on any atom is -0.495 e. The predicted molar refractivity (Wildman–Crippen MR) is 83.4 cm³/mol. The third-order valence-corrected chi connectivity index (χ3v) is 4.44. The second-order valence-corrected chi connectivity index (χ2v) is 6.32. The lowest BCUT2D eigenvalue weighted by Crippen LogP contribution is -2.01. The molecule has 2 aromatic carbocycles. The van der Waals surface area contributed by atoms with Crippen molar-refractivity contribution in [2.75, 3.05) is 12.8 Å². The molecule has 0 aliphatic rings. The van der Waals surface area contributed by atoms with Crippen molar-refractivity contribution in [3.63, 3.8) is 0 Å². The number of rotatable bonds is 4. The molecule has 4 heteroatoms. The van der Waals surface area contributed by atoms with Gasteiger partial charge in [-0.2, -0.15) is 0 Å². The van der Waals surface area contributed by atoms with Crippen molar-refractivity contribution in [1.82, 2.24) is 0 Å². The molecule has 2 aromatic rings. The lowest BCUT2D eigenvalue weighted by Gasteiger charge is -2.10. The summed E-state index contributed by atoms with van der Waals surface area (Å²) in [6.07, 6.45) is 0. The zero-order chi connectivity index (χ0) is 14.7. The maximum absolute atomic E-state index is 12.5. The van der Waals surface area contributed by atoms with Gasteiger partial charge < -0.3 is 10.5 Å². The maximum Gasteiger partial charge on any atom is 0.137 e. The lowest BCUT2D eigenvalue weighted by molar-refractivity contribution is 0.404. The fraction of sp³-hybridized carbons (Fsp3) is 0.250. The fourth-order valence-corrected chi connectivity index (χ4v) is 3.47. The first-order chi connectivity index (χ1) is 9.49. The Bertz CT molecular complexity index is 633. The van der Waals surface area contributed by atoms with Gasteiger partial charge in [-0.3, -0.25) is 4.21 Å². The van der Waals surface area contributed by atoms with Crippen molar-refractivity contribution in [3.05, 3.63) is 53.1 Å². The molecule has 0 saturated carbocycles. The first-order valence-electron chi connectivity index (χ1n) is 6.38. The average molecular weight is 289 g/mol. The van der Waals surface area contributed by atoms with Crippen LogP contribution in [0.5, 0.6) is 5.75 Å². The average Bonchev–Trinajstić information content (AvgIpc) is 2.37. The Hall–Kier alpha value is -1.81. The molecule has 0 radical (unpaired) electrons. The molecule has 1 atom stereocenters. The Morgan fingerprint density at radius 3 is 2.35 bits per heavy atom. The lowest BCUT2D eigenvalue weighted by atomic mass is 10.1. The van der Waals surface area contributed by atoms with E-state index in [1.807, 2.05) is 13.8 Å². The maximum atomic E-state index is 12.5. The van der Waals surface area contributed by atoms with Crippen LogP contribution in [0.15, 0.2) is 41.3 Å². The molecular formula is C16H19NO2S. The van der Waals surface area contributed by atoms with Crippen LogP contribution in [0.2, 0.25) is 0 Å². The molecule has 0 spiro atoms. The molecular weight excluding hydrogens is 270 g/mol. The van der Waals surface area contributed by atoms with Crippen LogP contribution in [-0.2, 0) is 16.6 Å². The highest BCUT2D eigenvalue weighted by Gasteiger charge is 2.12. The van der Waals surface area contributed by atoms with E-state index >= 15 is 0 Å². The number of aryl methyl sites for hydroxylation is 2. The van der Waals surface area contributed by atoms with Crippen molar-refractivity contribution in [2.45, 2.75) is 24.5 Å². The van der Waals surface area contributed by atoms with Gasteiger partial charge in [-0.25, -0.2) is 0 Å². The summed E-state index contributed by atoms with van der Waals surface area (Å²) in [5.74, 6) is 1.05. The summed E-state index contributed by atoms with van der Waals surface area (Å²) in [7, 11) is 0.411. The number of nitrogen functional groups attached to an aromatic ring is 1. The Labute approximate surface area is 122 Å². The standard InChI is InChI=1S/C16H19NO2S/c1-11-6-12(2)8-13(7-11)10-20(18)16-5-4-14(17)9-15(16)19-3/h4-9H,10,17H2,1-3H3. The second kappa shape index (κ2) is 6.09. The van der Waals surface area contributed by atoms with Gasteiger partial charge in [-0.05, 0) is 31.5 Å². The van der Waals surface area contributed by atoms with Crippen LogP contribution in [0.1, 0.15) is 16.7 Å². The molecule has 0 saturated heterocycles. The van der Waals surface area contributed by atoms with Gasteiger partial charge >= 0.3 is 0 Å². The predicted octanol–water partition coefficient (Wildman–Crippen LogP) is 3.20. The molecule has 0 fully saturated rings. The van der Waals surface area contributed by atoms with Crippen molar-refractivity contribution in [3.8, 4) is 5.75 Å². The highest BCUT2D eigenvalue weighted by Crippen LogP contribution is 2.26. The molecule has 20 heavy (non-hydrogen) atoms. The Kier molecular flexibility index (Phi) is 4.45. The number of hydrogen-bond donors (Lipinski definition) is 1. The van der Waals surface area contributed by atoms with E-state index in [1.54, 1.807) is 25.3 Å². The second-order valence-electron chi connectivity index (χ2n) is 4.90. The van der Waals surface area contributed by atoms with Crippen LogP contribution in [0.25, 0.3) is 0 Å². The van der Waals surface area contributed by atoms with Crippen LogP contribution in [0.3, 0.4) is 0 Å². The minimum atomic E-state index is -1.15. The molecule has 1 unspecified atom stereocenters. The van der Waals surface area contributed by atoms with E-state index in [-0.39, 0.29) is 0 Å². The van der Waals surface area contributed by atoms with E-state index in [1.165, 1.54) is 11.1 Å². The van der Waals surface area contributed by atoms with E-state index in [4.69, 9.17) is 10.5 Å². The Morgan fingerprint density at radius 2 is 1.75 bits per heavy atom. The quantitative estimate of drug-likeness (QED) is 0.879. The summed E-state index contributed by atoms with van der Waals surface area (Å²) in [4.78, 5) is 0.681. The van der Waals surface area contributed by atoms with Gasteiger partial charge in [0.1, 0.15) is 5.75 Å². The number of nitrogens with two attached hydrogens (primary N) is 1. The summed E-state index contributed by atoms with van der Waals surface area (Å²) in [5.41, 5.74) is 9.75. The van der Waals surface area contributed by atoms with E-state index in [9.17, 15) is 4.21 Å². The van der Waals surface area contributed by atoms with Crippen molar-refractivity contribution >= 4 is 16.5 Å². The van der Waals surface area contributed by atoms with Crippen LogP contribution in [0, 0.1) is 13.8 Å². The first kappa shape index (κ1) is 14.6. The number of anilines is 1. The van der Waals surface area contributed by atoms with E-state index in [0.29, 0.717) is 22.1 Å². The summed E-state index contributed by atoms with van der Waals surface area (Å²) in [5, 5.41) is 0. The van der Waals surface area contributed by atoms with Gasteiger partial charge in [0.25, 0.3) is 0 Å². The Balaban J connectivity index is 2.28. The number of methoxy groups -OCH3 is 1. The van der Waals surface area contributed by atoms with E-state index in [0.717, 1.165) is 5.56 Å². The summed E-state index contributed by atoms with van der Waals surface area (Å²) < 4.78 is 17.8. The normalized spacial score (nSPS) is 12.2. The Morgan fingerprint density at radius 1 is 1.10 bits per heavy atom. The van der Waals surface area contributed by atoms with Crippen molar-refractivity contribution < 1.29 is 8.95 Å². The summed E-state index contributed by atoms with van der Waals surface area (Å²) in [6, 6.07) is 11.5. The fourth-order valence-electron chi connectivity index (χ4n) is 2.25. The third-order valence-electron chi connectivity index (χ3n) is 3.01. The highest BCUT2D eigenvalue weighted by molar-refractivity contribution is 7.84. The number of ether oxygens (including phenoxy) is 1. The minimum absolute atomic E-state index is 0.475. The first-order valence-corrected chi connectivity index (χ1v) is 7.70. The molecule has 2 N–H and O–H groups in total. The van der Waals surface area contributed by atoms with Gasteiger partial charge in [-0.15, -0.1) is 0 Å². The highest BCUT2D eigenvalue weighted by atomic mass is 32.2. The molecule has 0 aliphatic heterocycles. The smallest absolute Gasteiger partial charge is 0.137 e. The van der Waals surface area contributed by atoms with E-state index < -0.39 is 10.8 Å². The topological polar surface area (TPSA) is 52.3 Å². The molecule has 0 aromatic heterocycles. The third kappa shape index (κ3) is 3.39. The zero-order valence-corrected chi connectivity index (χ0v) is 12.8. The van der Waals surface area contributed by atoms with Crippen molar-refractivity contribution in [1.29, 1.82) is 0 Å². The largest absolute Gasteiger partial charge is 0.495 e. The summed E-state index contributed by atoms with van der Waals surface area (Å²) in [6.45, 7) is 4.09.